The number of ether oxygens (including phenoxy) is 3. The number of nitrogens with one attached hydrogen (secondary N) is 1. The van der Waals surface area contributed by atoms with Crippen molar-refractivity contribution < 1.29 is 54.7 Å². The number of alkyl halides is 7. The highest BCUT2D eigenvalue weighted by atomic mass is 19.4. The van der Waals surface area contributed by atoms with E-state index in [1.165, 1.54) is 12.1 Å². The quantitative estimate of drug-likeness (QED) is 0.177. The molecule has 0 aliphatic heterocycles. The first-order valence-corrected chi connectivity index (χ1v) is 10.2. The fraction of sp³-hybridized carbons (Fsp3) is 0.174. The third kappa shape index (κ3) is 6.41. The predicted octanol–water partition coefficient (Wildman–Crippen LogP) is 6.90. The number of methoxy groups -OCH3 is 1. The van der Waals surface area contributed by atoms with E-state index in [0.717, 1.165) is 43.5 Å². The third-order valence-corrected chi connectivity index (χ3v) is 4.76. The lowest BCUT2D eigenvalue weighted by Gasteiger charge is -2.19. The number of anilines is 1. The number of nitro benzene ring substituents is 1. The Morgan fingerprint density at radius 2 is 1.58 bits per heavy atom. The Labute approximate surface area is 208 Å². The van der Waals surface area contributed by atoms with Gasteiger partial charge >= 0.3 is 24.4 Å². The molecule has 0 fully saturated rings. The van der Waals surface area contributed by atoms with E-state index in [0.29, 0.717) is 12.1 Å². The van der Waals surface area contributed by atoms with Gasteiger partial charge in [0.05, 0.1) is 23.3 Å². The van der Waals surface area contributed by atoms with Crippen molar-refractivity contribution >= 4 is 17.3 Å². The number of hydrogen-bond acceptors (Lipinski definition) is 6. The molecular weight excluding hydrogens is 533 g/mol. The highest BCUT2D eigenvalue weighted by molar-refractivity contribution is 6.05. The summed E-state index contributed by atoms with van der Waals surface area (Å²) >= 11 is 0. The van der Waals surface area contributed by atoms with Gasteiger partial charge in [-0.15, -0.1) is 0 Å². The van der Waals surface area contributed by atoms with Crippen molar-refractivity contribution in [2.45, 2.75) is 18.7 Å². The average molecular weight is 548 g/mol. The number of amides is 1. The molecule has 0 bridgehead atoms. The number of hydrogen-bond donors (Lipinski definition) is 1. The van der Waals surface area contributed by atoms with Gasteiger partial charge in [-0.3, -0.25) is 14.9 Å². The molecule has 1 amide bonds. The fourth-order valence-electron chi connectivity index (χ4n) is 2.98. The van der Waals surface area contributed by atoms with Crippen LogP contribution in [0.2, 0.25) is 0 Å². The van der Waals surface area contributed by atoms with Crippen LogP contribution in [0.25, 0.3) is 0 Å². The lowest BCUT2D eigenvalue weighted by atomic mass is 10.1. The maximum atomic E-state index is 13.3. The molecule has 0 spiro atoms. The Kier molecular flexibility index (Phi) is 7.98. The van der Waals surface area contributed by atoms with Gasteiger partial charge in [0.15, 0.2) is 11.5 Å². The zero-order valence-corrected chi connectivity index (χ0v) is 18.9. The maximum absolute atomic E-state index is 13.3. The molecule has 0 atom stereocenters. The summed E-state index contributed by atoms with van der Waals surface area (Å²) in [4.78, 5) is 22.9. The summed E-state index contributed by atoms with van der Waals surface area (Å²) in [6, 6.07) is 9.51. The van der Waals surface area contributed by atoms with Crippen molar-refractivity contribution in [1.29, 1.82) is 0 Å². The van der Waals surface area contributed by atoms with Gasteiger partial charge in [-0.2, -0.15) is 30.7 Å². The SMILES string of the molecule is COc1cc(C(=O)Nc2ccccc2OC(F)(F)C(F)F)ccc1Oc1ccc(C(F)(F)F)cc1[N+](=O)[O-]. The number of carbonyl (C=O) groups is 1. The molecular formula is C23H15F7N2O6. The van der Waals surface area contributed by atoms with Crippen LogP contribution >= 0.6 is 0 Å². The Morgan fingerprint density at radius 1 is 0.921 bits per heavy atom. The number of halogens is 7. The monoisotopic (exact) mass is 548 g/mol. The van der Waals surface area contributed by atoms with E-state index >= 15 is 0 Å². The van der Waals surface area contributed by atoms with E-state index in [9.17, 15) is 45.6 Å². The largest absolute Gasteiger partial charge is 0.493 e. The first-order chi connectivity index (χ1) is 17.7. The van der Waals surface area contributed by atoms with Crippen molar-refractivity contribution in [1.82, 2.24) is 0 Å². The zero-order chi connectivity index (χ0) is 28.3. The van der Waals surface area contributed by atoms with E-state index in [1.807, 2.05) is 0 Å². The van der Waals surface area contributed by atoms with Crippen LogP contribution in [0, 0.1) is 10.1 Å². The van der Waals surface area contributed by atoms with Crippen LogP contribution in [0.4, 0.5) is 42.1 Å². The number of nitrogens with zero attached hydrogens (tertiary/aromatic N) is 1. The van der Waals surface area contributed by atoms with Crippen molar-refractivity contribution in [2.75, 3.05) is 12.4 Å². The summed E-state index contributed by atoms with van der Waals surface area (Å²) < 4.78 is 105. The van der Waals surface area contributed by atoms with Gasteiger partial charge in [0.1, 0.15) is 5.75 Å². The molecule has 15 heteroatoms. The van der Waals surface area contributed by atoms with Gasteiger partial charge in [-0.05, 0) is 42.5 Å². The molecule has 0 radical (unpaired) electrons. The van der Waals surface area contributed by atoms with Gasteiger partial charge in [-0.25, -0.2) is 0 Å². The van der Waals surface area contributed by atoms with E-state index in [4.69, 9.17) is 9.47 Å². The third-order valence-electron chi connectivity index (χ3n) is 4.76. The molecule has 38 heavy (non-hydrogen) atoms. The Morgan fingerprint density at radius 3 is 2.18 bits per heavy atom. The van der Waals surface area contributed by atoms with Gasteiger partial charge in [0, 0.05) is 11.6 Å². The number of nitro groups is 1. The van der Waals surface area contributed by atoms with E-state index in [2.05, 4.69) is 10.1 Å². The second kappa shape index (κ2) is 10.8. The zero-order valence-electron chi connectivity index (χ0n) is 18.9. The van der Waals surface area contributed by atoms with Crippen molar-refractivity contribution in [3.8, 4) is 23.0 Å². The number of rotatable bonds is 9. The van der Waals surface area contributed by atoms with Gasteiger partial charge < -0.3 is 19.5 Å². The second-order valence-electron chi connectivity index (χ2n) is 7.32. The van der Waals surface area contributed by atoms with Crippen LogP contribution in [0.15, 0.2) is 60.7 Å². The normalized spacial score (nSPS) is 11.7. The Balaban J connectivity index is 1.87. The van der Waals surface area contributed by atoms with E-state index < -0.39 is 52.3 Å². The first-order valence-electron chi connectivity index (χ1n) is 10.2. The fourth-order valence-corrected chi connectivity index (χ4v) is 2.98. The summed E-state index contributed by atoms with van der Waals surface area (Å²) in [6.45, 7) is 0. The van der Waals surface area contributed by atoms with Crippen LogP contribution < -0.4 is 19.5 Å². The molecule has 0 unspecified atom stereocenters. The second-order valence-corrected chi connectivity index (χ2v) is 7.32. The minimum atomic E-state index is -4.84. The summed E-state index contributed by atoms with van der Waals surface area (Å²) in [5.74, 6) is -2.61. The lowest BCUT2D eigenvalue weighted by molar-refractivity contribution is -0.385. The highest BCUT2D eigenvalue weighted by Gasteiger charge is 2.44. The van der Waals surface area contributed by atoms with E-state index in [1.54, 1.807) is 0 Å². The summed E-state index contributed by atoms with van der Waals surface area (Å²) in [5.41, 5.74) is -2.78. The minimum absolute atomic E-state index is 0.161. The van der Waals surface area contributed by atoms with Crippen molar-refractivity contribution in [3.05, 3.63) is 81.9 Å². The van der Waals surface area contributed by atoms with Crippen LogP contribution in [0.3, 0.4) is 0 Å². The Hall–Kier alpha value is -4.56. The van der Waals surface area contributed by atoms with Crippen molar-refractivity contribution in [3.63, 3.8) is 0 Å². The molecule has 1 N–H and O–H groups in total. The average Bonchev–Trinajstić information content (AvgIpc) is 2.84. The highest BCUT2D eigenvalue weighted by Crippen LogP contribution is 2.40. The van der Waals surface area contributed by atoms with Crippen LogP contribution in [0.1, 0.15) is 15.9 Å². The molecule has 3 aromatic rings. The molecule has 0 aliphatic carbocycles. The molecule has 0 aliphatic rings. The molecule has 0 heterocycles. The molecule has 202 valence electrons. The number of carbonyl (C=O) groups excluding carboxylic acids is 1. The molecule has 0 aromatic heterocycles. The summed E-state index contributed by atoms with van der Waals surface area (Å²) in [5, 5.41) is 13.5. The minimum Gasteiger partial charge on any atom is -0.493 e. The number of para-hydroxylation sites is 2. The standard InChI is InChI=1S/C23H15F7N2O6/c1-36-19-10-12(20(33)31-14-4-2-3-5-16(14)38-23(29,30)21(24)25)6-8-18(19)37-17-9-7-13(22(26,27)28)11-15(17)32(34)35/h2-11,21H,1H3,(H,31,33). The van der Waals surface area contributed by atoms with Crippen LogP contribution in [-0.4, -0.2) is 30.5 Å². The Bertz CT molecular complexity index is 1350. The van der Waals surface area contributed by atoms with Crippen LogP contribution in [-0.2, 0) is 6.18 Å². The van der Waals surface area contributed by atoms with Gasteiger partial charge in [0.2, 0.25) is 5.75 Å². The van der Waals surface area contributed by atoms with E-state index in [-0.39, 0.29) is 22.7 Å². The lowest BCUT2D eigenvalue weighted by Crippen LogP contribution is -2.33. The first kappa shape index (κ1) is 28.0. The summed E-state index contributed by atoms with van der Waals surface area (Å²) in [7, 11) is 1.14. The molecule has 8 nitrogen and oxygen atoms in total. The van der Waals surface area contributed by atoms with Crippen LogP contribution in [0.5, 0.6) is 23.0 Å². The maximum Gasteiger partial charge on any atom is 0.461 e. The van der Waals surface area contributed by atoms with Crippen molar-refractivity contribution in [2.24, 2.45) is 0 Å². The van der Waals surface area contributed by atoms with Gasteiger partial charge in [-0.1, -0.05) is 12.1 Å². The van der Waals surface area contributed by atoms with Gasteiger partial charge in [0.25, 0.3) is 5.91 Å². The molecule has 0 saturated carbocycles. The topological polar surface area (TPSA) is 99.9 Å². The molecule has 0 saturated heterocycles. The summed E-state index contributed by atoms with van der Waals surface area (Å²) in [6.07, 6.45) is -13.8. The predicted molar refractivity (Wildman–Crippen MR) is 117 cm³/mol. The molecule has 3 aromatic carbocycles. The number of benzene rings is 3. The smallest absolute Gasteiger partial charge is 0.461 e. The molecule has 3 rings (SSSR count).